The molecule has 0 fully saturated rings. The number of aliphatic hydroxyl groups is 1. The van der Waals surface area contributed by atoms with E-state index in [-0.39, 0.29) is 6.10 Å². The monoisotopic (exact) mass is 238 g/mol. The zero-order valence-corrected chi connectivity index (χ0v) is 9.86. The van der Waals surface area contributed by atoms with Gasteiger partial charge in [0.25, 0.3) is 0 Å². The third-order valence-corrected chi connectivity index (χ3v) is 3.11. The summed E-state index contributed by atoms with van der Waals surface area (Å²) < 4.78 is 5.79. The lowest BCUT2D eigenvalue weighted by Crippen LogP contribution is -2.25. The summed E-state index contributed by atoms with van der Waals surface area (Å²) in [4.78, 5) is 0. The SMILES string of the molecule is O[C@H]1c2ccccc2C=C[C@@H]1Oc1ccccc1. The summed E-state index contributed by atoms with van der Waals surface area (Å²) in [6.07, 6.45) is 2.95. The summed E-state index contributed by atoms with van der Waals surface area (Å²) in [5, 5.41) is 10.3. The van der Waals surface area contributed by atoms with Gasteiger partial charge < -0.3 is 9.84 Å². The van der Waals surface area contributed by atoms with Crippen molar-refractivity contribution in [1.82, 2.24) is 0 Å². The van der Waals surface area contributed by atoms with Crippen molar-refractivity contribution in [2.24, 2.45) is 0 Å². The van der Waals surface area contributed by atoms with Crippen LogP contribution in [0.3, 0.4) is 0 Å². The molecular formula is C16H14O2. The van der Waals surface area contributed by atoms with Gasteiger partial charge in [0.2, 0.25) is 0 Å². The number of hydrogen-bond donors (Lipinski definition) is 1. The maximum absolute atomic E-state index is 10.3. The first-order valence-corrected chi connectivity index (χ1v) is 6.01. The molecule has 1 aliphatic rings. The normalized spacial score (nSPS) is 21.4. The Labute approximate surface area is 106 Å². The van der Waals surface area contributed by atoms with Crippen LogP contribution in [-0.2, 0) is 0 Å². The van der Waals surface area contributed by atoms with Gasteiger partial charge in [-0.3, -0.25) is 0 Å². The molecule has 18 heavy (non-hydrogen) atoms. The predicted molar refractivity (Wildman–Crippen MR) is 71.3 cm³/mol. The molecule has 0 bridgehead atoms. The number of rotatable bonds is 2. The minimum atomic E-state index is -0.619. The molecule has 90 valence electrons. The second kappa shape index (κ2) is 4.67. The Morgan fingerprint density at radius 3 is 2.44 bits per heavy atom. The highest BCUT2D eigenvalue weighted by Gasteiger charge is 2.25. The van der Waals surface area contributed by atoms with E-state index in [0.717, 1.165) is 16.9 Å². The number of para-hydroxylation sites is 1. The van der Waals surface area contributed by atoms with Crippen LogP contribution in [0, 0.1) is 0 Å². The highest BCUT2D eigenvalue weighted by Crippen LogP contribution is 2.30. The fourth-order valence-corrected chi connectivity index (χ4v) is 2.17. The molecule has 0 aromatic heterocycles. The first kappa shape index (κ1) is 11.1. The molecule has 2 aromatic carbocycles. The molecule has 0 spiro atoms. The van der Waals surface area contributed by atoms with Gasteiger partial charge in [-0.1, -0.05) is 48.5 Å². The molecular weight excluding hydrogens is 224 g/mol. The average Bonchev–Trinajstić information content (AvgIpc) is 2.43. The van der Waals surface area contributed by atoms with Crippen LogP contribution in [-0.4, -0.2) is 11.2 Å². The second-order valence-electron chi connectivity index (χ2n) is 4.33. The fraction of sp³-hybridized carbons (Fsp3) is 0.125. The Hall–Kier alpha value is -2.06. The molecule has 3 rings (SSSR count). The number of fused-ring (bicyclic) bond motifs is 1. The maximum atomic E-state index is 10.3. The summed E-state index contributed by atoms with van der Waals surface area (Å²) in [6.45, 7) is 0. The first-order chi connectivity index (χ1) is 8.84. The van der Waals surface area contributed by atoms with Crippen LogP contribution in [0.5, 0.6) is 5.75 Å². The van der Waals surface area contributed by atoms with Gasteiger partial charge in [-0.2, -0.15) is 0 Å². The van der Waals surface area contributed by atoms with E-state index in [9.17, 15) is 5.11 Å². The summed E-state index contributed by atoms with van der Waals surface area (Å²) in [7, 11) is 0. The van der Waals surface area contributed by atoms with E-state index in [1.165, 1.54) is 0 Å². The van der Waals surface area contributed by atoms with Crippen molar-refractivity contribution in [1.29, 1.82) is 0 Å². The van der Waals surface area contributed by atoms with Gasteiger partial charge in [-0.05, 0) is 29.3 Å². The van der Waals surface area contributed by atoms with E-state index in [1.807, 2.05) is 66.7 Å². The first-order valence-electron chi connectivity index (χ1n) is 6.01. The van der Waals surface area contributed by atoms with Crippen molar-refractivity contribution in [2.45, 2.75) is 12.2 Å². The molecule has 0 radical (unpaired) electrons. The summed E-state index contributed by atoms with van der Waals surface area (Å²) >= 11 is 0. The van der Waals surface area contributed by atoms with E-state index in [0.29, 0.717) is 0 Å². The van der Waals surface area contributed by atoms with Crippen molar-refractivity contribution in [3.8, 4) is 5.75 Å². The van der Waals surface area contributed by atoms with E-state index in [2.05, 4.69) is 0 Å². The molecule has 2 atom stereocenters. The lowest BCUT2D eigenvalue weighted by molar-refractivity contribution is 0.0623. The molecule has 1 aliphatic carbocycles. The average molecular weight is 238 g/mol. The Bertz CT molecular complexity index is 560. The van der Waals surface area contributed by atoms with Crippen LogP contribution in [0.15, 0.2) is 60.7 Å². The number of hydrogen-bond acceptors (Lipinski definition) is 2. The quantitative estimate of drug-likeness (QED) is 0.870. The van der Waals surface area contributed by atoms with E-state index in [1.54, 1.807) is 0 Å². The summed E-state index contributed by atoms with van der Waals surface area (Å²) in [5.41, 5.74) is 1.97. The van der Waals surface area contributed by atoms with Crippen LogP contribution in [0.4, 0.5) is 0 Å². The van der Waals surface area contributed by atoms with Gasteiger partial charge in [-0.15, -0.1) is 0 Å². The second-order valence-corrected chi connectivity index (χ2v) is 4.33. The Kier molecular flexibility index (Phi) is 2.87. The van der Waals surface area contributed by atoms with Crippen LogP contribution in [0.1, 0.15) is 17.2 Å². The number of ether oxygens (including phenoxy) is 1. The van der Waals surface area contributed by atoms with E-state index < -0.39 is 6.10 Å². The third kappa shape index (κ3) is 2.03. The maximum Gasteiger partial charge on any atom is 0.147 e. The van der Waals surface area contributed by atoms with Crippen molar-refractivity contribution in [2.75, 3.05) is 0 Å². The summed E-state index contributed by atoms with van der Waals surface area (Å²) in [6, 6.07) is 17.4. The largest absolute Gasteiger partial charge is 0.483 e. The predicted octanol–water partition coefficient (Wildman–Crippen LogP) is 3.19. The molecule has 0 saturated heterocycles. The van der Waals surface area contributed by atoms with Gasteiger partial charge in [-0.25, -0.2) is 0 Å². The van der Waals surface area contributed by atoms with Gasteiger partial charge in [0.05, 0.1) is 0 Å². The molecule has 0 heterocycles. The smallest absolute Gasteiger partial charge is 0.147 e. The van der Waals surface area contributed by atoms with E-state index >= 15 is 0 Å². The molecule has 1 N–H and O–H groups in total. The minimum absolute atomic E-state index is 0.331. The molecule has 0 amide bonds. The molecule has 2 heteroatoms. The molecule has 0 aliphatic heterocycles. The van der Waals surface area contributed by atoms with Crippen LogP contribution in [0.2, 0.25) is 0 Å². The zero-order valence-electron chi connectivity index (χ0n) is 9.86. The van der Waals surface area contributed by atoms with Gasteiger partial charge >= 0.3 is 0 Å². The standard InChI is InChI=1S/C16H14O2/c17-16-14-9-5-4-6-12(14)10-11-15(16)18-13-7-2-1-3-8-13/h1-11,15-17H/t15-,16-/m0/s1. The highest BCUT2D eigenvalue weighted by atomic mass is 16.5. The third-order valence-electron chi connectivity index (χ3n) is 3.11. The van der Waals surface area contributed by atoms with Crippen molar-refractivity contribution in [3.05, 3.63) is 71.8 Å². The van der Waals surface area contributed by atoms with Crippen molar-refractivity contribution >= 4 is 6.08 Å². The number of aliphatic hydroxyl groups excluding tert-OH is 1. The fourth-order valence-electron chi connectivity index (χ4n) is 2.17. The minimum Gasteiger partial charge on any atom is -0.483 e. The van der Waals surface area contributed by atoms with Crippen molar-refractivity contribution < 1.29 is 9.84 Å². The number of benzene rings is 2. The Morgan fingerprint density at radius 2 is 1.61 bits per heavy atom. The molecule has 0 saturated carbocycles. The lowest BCUT2D eigenvalue weighted by atomic mass is 9.93. The van der Waals surface area contributed by atoms with Crippen LogP contribution >= 0.6 is 0 Å². The molecule has 2 nitrogen and oxygen atoms in total. The highest BCUT2D eigenvalue weighted by molar-refractivity contribution is 5.58. The van der Waals surface area contributed by atoms with Crippen LogP contribution in [0.25, 0.3) is 6.08 Å². The summed E-state index contributed by atoms with van der Waals surface area (Å²) in [5.74, 6) is 0.769. The topological polar surface area (TPSA) is 29.5 Å². The van der Waals surface area contributed by atoms with Crippen LogP contribution < -0.4 is 4.74 Å². The van der Waals surface area contributed by atoms with Gasteiger partial charge in [0, 0.05) is 0 Å². The Balaban J connectivity index is 1.85. The molecule has 2 aromatic rings. The van der Waals surface area contributed by atoms with Gasteiger partial charge in [0.1, 0.15) is 18.0 Å². The Morgan fingerprint density at radius 1 is 0.889 bits per heavy atom. The molecule has 0 unspecified atom stereocenters. The van der Waals surface area contributed by atoms with E-state index in [4.69, 9.17) is 4.74 Å². The zero-order chi connectivity index (χ0) is 12.4. The van der Waals surface area contributed by atoms with Gasteiger partial charge in [0.15, 0.2) is 0 Å². The van der Waals surface area contributed by atoms with Crippen molar-refractivity contribution in [3.63, 3.8) is 0 Å². The lowest BCUT2D eigenvalue weighted by Gasteiger charge is -2.26.